The summed E-state index contributed by atoms with van der Waals surface area (Å²) >= 11 is 0. The Bertz CT molecular complexity index is 646. The molecule has 3 aliphatic carbocycles. The first kappa shape index (κ1) is 20.2. The summed E-state index contributed by atoms with van der Waals surface area (Å²) in [7, 11) is 0. The molecule has 1 aliphatic heterocycles. The van der Waals surface area contributed by atoms with Crippen molar-refractivity contribution < 1.29 is 63.4 Å². The van der Waals surface area contributed by atoms with Gasteiger partial charge in [-0.15, -0.1) is 0 Å². The van der Waals surface area contributed by atoms with E-state index in [1.807, 2.05) is 12.2 Å². The second kappa shape index (κ2) is 6.24. The third-order valence-electron chi connectivity index (χ3n) is 7.32. The summed E-state index contributed by atoms with van der Waals surface area (Å²) < 4.78 is 12.2. The first-order valence-electron chi connectivity index (χ1n) is 9.07. The Morgan fingerprint density at radius 1 is 1.12 bits per heavy atom. The molecule has 1 heterocycles. The van der Waals surface area contributed by atoms with E-state index in [1.165, 1.54) is 5.57 Å². The van der Waals surface area contributed by atoms with Crippen molar-refractivity contribution in [3.05, 3.63) is 23.8 Å². The molecule has 0 aromatic carbocycles. The number of allylic oxidation sites excluding steroid dienone is 4. The molecule has 1 saturated heterocycles. The van der Waals surface area contributed by atoms with Gasteiger partial charge in [0.15, 0.2) is 11.6 Å². The fourth-order valence-electron chi connectivity index (χ4n) is 6.37. The second-order valence-corrected chi connectivity index (χ2v) is 9.05. The zero-order valence-corrected chi connectivity index (χ0v) is 20.4. The van der Waals surface area contributed by atoms with Crippen LogP contribution in [0.3, 0.4) is 0 Å². The average molecular weight is 559 g/mol. The number of rotatable bonds is 0. The van der Waals surface area contributed by atoms with E-state index in [0.717, 1.165) is 12.8 Å². The van der Waals surface area contributed by atoms with Crippen LogP contribution in [-0.4, -0.2) is 36.0 Å². The molecule has 1 spiro atoms. The van der Waals surface area contributed by atoms with Crippen molar-refractivity contribution in [2.24, 2.45) is 22.2 Å². The molecule has 0 aromatic heterocycles. The van der Waals surface area contributed by atoms with Gasteiger partial charge in [0.05, 0.1) is 19.3 Å². The van der Waals surface area contributed by atoms with Crippen molar-refractivity contribution in [1.29, 1.82) is 0 Å². The zero-order valence-electron chi connectivity index (χ0n) is 15.7. The SMILES string of the molecule is CC1(C)[C@@H]2[C@@H](O)C[C@@]3(C)C=CC(=O)C=C3[C@@]2(C)CCC12OCCO2.[Ac]. The summed E-state index contributed by atoms with van der Waals surface area (Å²) in [6.45, 7) is 9.92. The van der Waals surface area contributed by atoms with Crippen LogP contribution >= 0.6 is 0 Å². The average Bonchev–Trinajstić information content (AvgIpc) is 2.96. The first-order chi connectivity index (χ1) is 11.1. The van der Waals surface area contributed by atoms with Crippen molar-refractivity contribution in [2.45, 2.75) is 58.8 Å². The van der Waals surface area contributed by atoms with E-state index in [2.05, 4.69) is 27.7 Å². The molecule has 1 radical (unpaired) electrons. The molecule has 0 bridgehead atoms. The van der Waals surface area contributed by atoms with Gasteiger partial charge in [0.25, 0.3) is 0 Å². The molecule has 0 aromatic rings. The smallest absolute Gasteiger partial charge is 0.178 e. The maximum atomic E-state index is 12.1. The van der Waals surface area contributed by atoms with Gasteiger partial charge in [-0.2, -0.15) is 0 Å². The van der Waals surface area contributed by atoms with Gasteiger partial charge < -0.3 is 14.6 Å². The fourth-order valence-corrected chi connectivity index (χ4v) is 6.37. The van der Waals surface area contributed by atoms with Crippen LogP contribution in [0.4, 0.5) is 0 Å². The molecular formula is C20H28AcO4. The molecule has 5 heteroatoms. The third kappa shape index (κ3) is 2.64. The molecule has 3 fully saturated rings. The van der Waals surface area contributed by atoms with Gasteiger partial charge in [-0.25, -0.2) is 0 Å². The van der Waals surface area contributed by atoms with Crippen molar-refractivity contribution >= 4 is 5.78 Å². The number of ketones is 1. The first-order valence-corrected chi connectivity index (χ1v) is 9.07. The van der Waals surface area contributed by atoms with Crippen molar-refractivity contribution in [3.8, 4) is 0 Å². The Labute approximate surface area is 186 Å². The molecule has 4 aliphatic rings. The number of aliphatic hydroxyl groups excluding tert-OH is 1. The van der Waals surface area contributed by atoms with Crippen LogP contribution in [0.15, 0.2) is 23.8 Å². The van der Waals surface area contributed by atoms with Crippen LogP contribution in [0, 0.1) is 66.2 Å². The predicted molar refractivity (Wildman–Crippen MR) is 90.2 cm³/mol. The number of ether oxygens (including phenoxy) is 2. The fraction of sp³-hybridized carbons (Fsp3) is 0.750. The van der Waals surface area contributed by atoms with E-state index in [4.69, 9.17) is 9.47 Å². The van der Waals surface area contributed by atoms with E-state index in [1.54, 1.807) is 6.08 Å². The summed E-state index contributed by atoms with van der Waals surface area (Å²) in [4.78, 5) is 12.1. The number of hydrogen-bond acceptors (Lipinski definition) is 4. The van der Waals surface area contributed by atoms with Crippen LogP contribution in [0.2, 0.25) is 0 Å². The third-order valence-corrected chi connectivity index (χ3v) is 7.32. The van der Waals surface area contributed by atoms with Gasteiger partial charge in [0.2, 0.25) is 0 Å². The van der Waals surface area contributed by atoms with Crippen LogP contribution in [0.1, 0.15) is 47.0 Å². The maximum absolute atomic E-state index is 12.1. The number of carbonyl (C=O) groups excluding carboxylic acids is 1. The van der Waals surface area contributed by atoms with Gasteiger partial charge in [0.1, 0.15) is 0 Å². The Morgan fingerprint density at radius 3 is 2.40 bits per heavy atom. The van der Waals surface area contributed by atoms with Gasteiger partial charge in [0, 0.05) is 67.2 Å². The molecule has 135 valence electrons. The molecule has 4 nitrogen and oxygen atoms in total. The standard InChI is InChI=1S/C20H28O4.Ac/c1-17(2)16-14(22)12-18(3)6-5-13(21)11-15(18)19(16,4)7-8-20(17)23-9-10-24-20;/h5-6,11,14,16,22H,7-10,12H2,1-4H3;/t14-,16-,18+,19+;/m0./s1. The molecule has 25 heavy (non-hydrogen) atoms. The Hall–Kier alpha value is 0.472. The molecule has 4 atom stereocenters. The summed E-state index contributed by atoms with van der Waals surface area (Å²) in [5.74, 6) is -0.554. The molecule has 2 saturated carbocycles. The van der Waals surface area contributed by atoms with Crippen LogP contribution in [0.25, 0.3) is 0 Å². The monoisotopic (exact) mass is 559 g/mol. The predicted octanol–water partition coefficient (Wildman–Crippen LogP) is 3.01. The maximum Gasteiger partial charge on any atom is 0.178 e. The minimum atomic E-state index is -0.610. The van der Waals surface area contributed by atoms with Crippen LogP contribution in [-0.2, 0) is 14.3 Å². The van der Waals surface area contributed by atoms with E-state index >= 15 is 0 Å². The molecular weight excluding hydrogens is 531 g/mol. The summed E-state index contributed by atoms with van der Waals surface area (Å²) in [6, 6.07) is 0. The van der Waals surface area contributed by atoms with Crippen LogP contribution < -0.4 is 0 Å². The Balaban J connectivity index is 0.00000182. The van der Waals surface area contributed by atoms with Gasteiger partial charge in [-0.05, 0) is 30.4 Å². The summed E-state index contributed by atoms with van der Waals surface area (Å²) in [6.07, 6.45) is 7.32. The van der Waals surface area contributed by atoms with Crippen molar-refractivity contribution in [2.75, 3.05) is 13.2 Å². The molecule has 0 unspecified atom stereocenters. The molecule has 1 N–H and O–H groups in total. The number of fused-ring (bicyclic) bond motifs is 3. The minimum absolute atomic E-state index is 0. The van der Waals surface area contributed by atoms with Gasteiger partial charge in [-0.3, -0.25) is 4.79 Å². The van der Waals surface area contributed by atoms with Crippen molar-refractivity contribution in [1.82, 2.24) is 0 Å². The second-order valence-electron chi connectivity index (χ2n) is 9.05. The van der Waals surface area contributed by atoms with Crippen molar-refractivity contribution in [3.63, 3.8) is 0 Å². The summed E-state index contributed by atoms with van der Waals surface area (Å²) in [5.41, 5.74) is 0.383. The van der Waals surface area contributed by atoms with E-state index in [9.17, 15) is 9.90 Å². The number of carbonyl (C=O) groups is 1. The normalized spacial score (nSPS) is 43.9. The largest absolute Gasteiger partial charge is 0.393 e. The Morgan fingerprint density at radius 2 is 1.76 bits per heavy atom. The van der Waals surface area contributed by atoms with E-state index < -0.39 is 11.9 Å². The Kier molecular flexibility index (Phi) is 5.05. The van der Waals surface area contributed by atoms with Gasteiger partial charge >= 0.3 is 0 Å². The van der Waals surface area contributed by atoms with E-state index in [-0.39, 0.29) is 72.0 Å². The molecule has 4 rings (SSSR count). The van der Waals surface area contributed by atoms with Crippen LogP contribution in [0.5, 0.6) is 0 Å². The quantitative estimate of drug-likeness (QED) is 0.496. The topological polar surface area (TPSA) is 55.8 Å². The van der Waals surface area contributed by atoms with Gasteiger partial charge in [-0.1, -0.05) is 39.3 Å². The number of aliphatic hydroxyl groups is 1. The zero-order chi connectivity index (χ0) is 17.4. The molecule has 0 amide bonds. The summed E-state index contributed by atoms with van der Waals surface area (Å²) in [5, 5.41) is 11.2. The minimum Gasteiger partial charge on any atom is -0.393 e. The number of hydrogen-bond donors (Lipinski definition) is 1. The van der Waals surface area contributed by atoms with E-state index in [0.29, 0.717) is 19.6 Å².